The number of ether oxygens (including phenoxy) is 1. The quantitative estimate of drug-likeness (QED) is 0.714. The molecule has 2 N–H and O–H groups in total. The normalized spacial score (nSPS) is 14.3. The Labute approximate surface area is 169 Å². The van der Waals surface area contributed by atoms with E-state index in [2.05, 4.69) is 21.7 Å². The van der Waals surface area contributed by atoms with E-state index in [0.717, 1.165) is 42.4 Å². The van der Waals surface area contributed by atoms with Crippen LogP contribution in [0.15, 0.2) is 48.5 Å². The number of pyridine rings is 1. The summed E-state index contributed by atoms with van der Waals surface area (Å²) in [7, 11) is 1.59. The van der Waals surface area contributed by atoms with Gasteiger partial charge < -0.3 is 15.4 Å². The highest BCUT2D eigenvalue weighted by molar-refractivity contribution is 6.01. The number of benzene rings is 2. The van der Waals surface area contributed by atoms with Crippen molar-refractivity contribution in [3.63, 3.8) is 0 Å². The molecule has 2 heterocycles. The lowest BCUT2D eigenvalue weighted by Crippen LogP contribution is -2.34. The number of methoxy groups -OCH3 is 1. The molecule has 0 radical (unpaired) electrons. The summed E-state index contributed by atoms with van der Waals surface area (Å²) in [5.74, 6) is 0.722. The smallest absolute Gasteiger partial charge is 0.228 e. The molecule has 1 aromatic heterocycles. The molecule has 29 heavy (non-hydrogen) atoms. The van der Waals surface area contributed by atoms with Crippen molar-refractivity contribution >= 4 is 22.6 Å². The van der Waals surface area contributed by atoms with Gasteiger partial charge in [0.1, 0.15) is 17.3 Å². The number of nitriles is 1. The lowest BCUT2D eigenvalue weighted by atomic mass is 9.97. The van der Waals surface area contributed by atoms with Gasteiger partial charge in [0.2, 0.25) is 5.91 Å². The SMILES string of the molecule is COc1ccc(-c2ccccc2)c2cc(C#N)c(NC(=O)C3CCNCC3)nc12. The molecule has 2 aromatic carbocycles. The largest absolute Gasteiger partial charge is 0.494 e. The van der Waals surface area contributed by atoms with Gasteiger partial charge in [0, 0.05) is 11.3 Å². The van der Waals surface area contributed by atoms with Crippen LogP contribution in [0.1, 0.15) is 18.4 Å². The van der Waals surface area contributed by atoms with Gasteiger partial charge in [-0.05, 0) is 55.3 Å². The molecule has 0 bridgehead atoms. The summed E-state index contributed by atoms with van der Waals surface area (Å²) >= 11 is 0. The summed E-state index contributed by atoms with van der Waals surface area (Å²) in [4.78, 5) is 17.3. The summed E-state index contributed by atoms with van der Waals surface area (Å²) in [6, 6.07) is 17.7. The summed E-state index contributed by atoms with van der Waals surface area (Å²) < 4.78 is 5.50. The molecule has 6 heteroatoms. The van der Waals surface area contributed by atoms with Crippen molar-refractivity contribution in [1.82, 2.24) is 10.3 Å². The zero-order valence-corrected chi connectivity index (χ0v) is 16.2. The van der Waals surface area contributed by atoms with Crippen LogP contribution in [-0.4, -0.2) is 31.1 Å². The van der Waals surface area contributed by atoms with E-state index in [4.69, 9.17) is 4.74 Å². The summed E-state index contributed by atoms with van der Waals surface area (Å²) in [5.41, 5.74) is 2.94. The average molecular weight is 386 g/mol. The number of carbonyl (C=O) groups is 1. The first-order chi connectivity index (χ1) is 14.2. The molecule has 4 rings (SSSR count). The zero-order chi connectivity index (χ0) is 20.2. The number of amides is 1. The van der Waals surface area contributed by atoms with Gasteiger partial charge in [-0.2, -0.15) is 5.26 Å². The van der Waals surface area contributed by atoms with E-state index >= 15 is 0 Å². The predicted octanol–water partition coefficient (Wildman–Crippen LogP) is 3.72. The Bertz CT molecular complexity index is 1080. The Morgan fingerprint density at radius 2 is 1.97 bits per heavy atom. The molecule has 1 aliphatic heterocycles. The van der Waals surface area contributed by atoms with Crippen molar-refractivity contribution in [2.45, 2.75) is 12.8 Å². The Kier molecular flexibility index (Phi) is 5.41. The van der Waals surface area contributed by atoms with Crippen LogP contribution in [-0.2, 0) is 4.79 Å². The van der Waals surface area contributed by atoms with Crippen molar-refractivity contribution < 1.29 is 9.53 Å². The Balaban J connectivity index is 1.80. The van der Waals surface area contributed by atoms with Crippen LogP contribution in [0.3, 0.4) is 0 Å². The number of hydrogen-bond acceptors (Lipinski definition) is 5. The molecule has 0 unspecified atom stereocenters. The van der Waals surface area contributed by atoms with E-state index in [1.807, 2.05) is 42.5 Å². The Morgan fingerprint density at radius 3 is 2.66 bits per heavy atom. The van der Waals surface area contributed by atoms with E-state index in [1.165, 1.54) is 0 Å². The van der Waals surface area contributed by atoms with Gasteiger partial charge >= 0.3 is 0 Å². The van der Waals surface area contributed by atoms with Crippen LogP contribution < -0.4 is 15.4 Å². The van der Waals surface area contributed by atoms with Crippen LogP contribution in [0, 0.1) is 17.2 Å². The summed E-state index contributed by atoms with van der Waals surface area (Å²) in [6.07, 6.45) is 1.56. The minimum Gasteiger partial charge on any atom is -0.494 e. The van der Waals surface area contributed by atoms with Crippen molar-refractivity contribution in [2.24, 2.45) is 5.92 Å². The standard InChI is InChI=1S/C23H22N4O2/c1-29-20-8-7-18(15-5-3-2-4-6-15)19-13-17(14-24)22(26-21(19)20)27-23(28)16-9-11-25-12-10-16/h2-8,13,16,25H,9-12H2,1H3,(H,26,27,28). The van der Waals surface area contributed by atoms with Gasteiger partial charge in [-0.3, -0.25) is 4.79 Å². The van der Waals surface area contributed by atoms with Crippen LogP contribution in [0.4, 0.5) is 5.82 Å². The first kappa shape index (κ1) is 18.9. The van der Waals surface area contributed by atoms with Gasteiger partial charge in [0.05, 0.1) is 12.7 Å². The van der Waals surface area contributed by atoms with E-state index in [9.17, 15) is 10.1 Å². The third kappa shape index (κ3) is 3.78. The number of hydrogen-bond donors (Lipinski definition) is 2. The van der Waals surface area contributed by atoms with Gasteiger partial charge in [0.25, 0.3) is 0 Å². The molecule has 0 atom stereocenters. The van der Waals surface area contributed by atoms with E-state index in [1.54, 1.807) is 13.2 Å². The van der Waals surface area contributed by atoms with Gasteiger partial charge in [-0.1, -0.05) is 30.3 Å². The second kappa shape index (κ2) is 8.29. The molecule has 1 amide bonds. The fourth-order valence-corrected chi connectivity index (χ4v) is 3.75. The fourth-order valence-electron chi connectivity index (χ4n) is 3.75. The topological polar surface area (TPSA) is 87.0 Å². The fraction of sp³-hybridized carbons (Fsp3) is 0.261. The molecule has 3 aromatic rings. The van der Waals surface area contributed by atoms with Gasteiger partial charge in [0.15, 0.2) is 5.82 Å². The number of nitrogens with one attached hydrogen (secondary N) is 2. The zero-order valence-electron chi connectivity index (χ0n) is 16.2. The third-order valence-corrected chi connectivity index (χ3v) is 5.32. The molecular weight excluding hydrogens is 364 g/mol. The summed E-state index contributed by atoms with van der Waals surface area (Å²) in [5, 5.41) is 16.6. The molecule has 0 spiro atoms. The van der Waals surface area contributed by atoms with Crippen LogP contribution in [0.5, 0.6) is 5.75 Å². The molecule has 0 aliphatic carbocycles. The van der Waals surface area contributed by atoms with Gasteiger partial charge in [-0.15, -0.1) is 0 Å². The predicted molar refractivity (Wildman–Crippen MR) is 113 cm³/mol. The minimum atomic E-state index is -0.0898. The number of rotatable bonds is 4. The molecule has 1 saturated heterocycles. The molecule has 6 nitrogen and oxygen atoms in total. The van der Waals surface area contributed by atoms with Crippen LogP contribution >= 0.6 is 0 Å². The first-order valence-electron chi connectivity index (χ1n) is 9.70. The Morgan fingerprint density at radius 1 is 1.21 bits per heavy atom. The lowest BCUT2D eigenvalue weighted by molar-refractivity contribution is -0.120. The maximum atomic E-state index is 12.7. The lowest BCUT2D eigenvalue weighted by Gasteiger charge is -2.22. The average Bonchev–Trinajstić information content (AvgIpc) is 2.79. The maximum absolute atomic E-state index is 12.7. The number of carbonyl (C=O) groups excluding carboxylic acids is 1. The number of aromatic nitrogens is 1. The molecule has 0 saturated carbocycles. The second-order valence-electron chi connectivity index (χ2n) is 7.09. The number of anilines is 1. The van der Waals surface area contributed by atoms with E-state index in [-0.39, 0.29) is 17.6 Å². The van der Waals surface area contributed by atoms with Gasteiger partial charge in [-0.25, -0.2) is 4.98 Å². The molecule has 1 fully saturated rings. The summed E-state index contributed by atoms with van der Waals surface area (Å²) in [6.45, 7) is 1.64. The molecular formula is C23H22N4O2. The van der Waals surface area contributed by atoms with E-state index < -0.39 is 0 Å². The number of nitrogens with zero attached hydrogens (tertiary/aromatic N) is 2. The number of piperidine rings is 1. The van der Waals surface area contributed by atoms with Crippen molar-refractivity contribution in [2.75, 3.05) is 25.5 Å². The highest BCUT2D eigenvalue weighted by atomic mass is 16.5. The van der Waals surface area contributed by atoms with Crippen LogP contribution in [0.2, 0.25) is 0 Å². The van der Waals surface area contributed by atoms with Crippen LogP contribution in [0.25, 0.3) is 22.0 Å². The monoisotopic (exact) mass is 386 g/mol. The third-order valence-electron chi connectivity index (χ3n) is 5.32. The first-order valence-corrected chi connectivity index (χ1v) is 9.70. The van der Waals surface area contributed by atoms with E-state index in [0.29, 0.717) is 16.8 Å². The highest BCUT2D eigenvalue weighted by Gasteiger charge is 2.23. The van der Waals surface area contributed by atoms with Crippen molar-refractivity contribution in [1.29, 1.82) is 5.26 Å². The molecule has 1 aliphatic rings. The highest BCUT2D eigenvalue weighted by Crippen LogP contribution is 2.35. The second-order valence-corrected chi connectivity index (χ2v) is 7.09. The Hall–Kier alpha value is -3.43. The number of fused-ring (bicyclic) bond motifs is 1. The van der Waals surface area contributed by atoms with Crippen molar-refractivity contribution in [3.05, 3.63) is 54.1 Å². The minimum absolute atomic E-state index is 0.0714. The maximum Gasteiger partial charge on any atom is 0.228 e. The van der Waals surface area contributed by atoms with Crippen molar-refractivity contribution in [3.8, 4) is 22.9 Å². The molecule has 146 valence electrons.